The quantitative estimate of drug-likeness (QED) is 0.248. The molecule has 1 heterocycles. The first-order valence-corrected chi connectivity index (χ1v) is 11.7. The van der Waals surface area contributed by atoms with Crippen LogP contribution >= 0.6 is 23.2 Å². The van der Waals surface area contributed by atoms with Crippen LogP contribution in [0.15, 0.2) is 79.0 Å². The number of carbonyl (C=O) groups excluding carboxylic acids is 1. The number of benzene rings is 4. The van der Waals surface area contributed by atoms with Crippen LogP contribution in [0.25, 0.3) is 21.7 Å². The minimum absolute atomic E-state index is 0.278. The van der Waals surface area contributed by atoms with E-state index in [2.05, 4.69) is 10.3 Å². The summed E-state index contributed by atoms with van der Waals surface area (Å²) in [6.45, 7) is 0. The minimum Gasteiger partial charge on any atom is -0.493 e. The van der Waals surface area contributed by atoms with Crippen molar-refractivity contribution >= 4 is 56.5 Å². The zero-order valence-corrected chi connectivity index (χ0v) is 20.9. The number of fused-ring (bicyclic) bond motifs is 2. The molecule has 6 nitrogen and oxygen atoms in total. The van der Waals surface area contributed by atoms with Gasteiger partial charge in [-0.3, -0.25) is 9.78 Å². The molecule has 4 aromatic carbocycles. The highest BCUT2D eigenvalue weighted by atomic mass is 35.5. The molecule has 0 spiro atoms. The molecule has 8 heteroatoms. The van der Waals surface area contributed by atoms with E-state index in [0.717, 1.165) is 16.2 Å². The Bertz CT molecular complexity index is 1620. The Balaban J connectivity index is 1.47. The molecule has 5 aromatic rings. The van der Waals surface area contributed by atoms with Crippen molar-refractivity contribution in [3.8, 4) is 23.0 Å². The first-order valence-electron chi connectivity index (χ1n) is 10.9. The van der Waals surface area contributed by atoms with Gasteiger partial charge < -0.3 is 19.5 Å². The van der Waals surface area contributed by atoms with Gasteiger partial charge in [-0.1, -0.05) is 35.3 Å². The van der Waals surface area contributed by atoms with E-state index in [4.69, 9.17) is 37.4 Å². The van der Waals surface area contributed by atoms with E-state index < -0.39 is 0 Å². The van der Waals surface area contributed by atoms with Gasteiger partial charge >= 0.3 is 0 Å². The Morgan fingerprint density at radius 3 is 2.42 bits per heavy atom. The Morgan fingerprint density at radius 1 is 0.833 bits per heavy atom. The van der Waals surface area contributed by atoms with Gasteiger partial charge in [-0.05, 0) is 65.4 Å². The van der Waals surface area contributed by atoms with Gasteiger partial charge in [0.1, 0.15) is 11.5 Å². The average Bonchev–Trinajstić information content (AvgIpc) is 2.89. The van der Waals surface area contributed by atoms with Gasteiger partial charge in [-0.25, -0.2) is 0 Å². The number of methoxy groups -OCH3 is 2. The van der Waals surface area contributed by atoms with Gasteiger partial charge in [0.15, 0.2) is 11.5 Å². The fraction of sp³-hybridized carbons (Fsp3) is 0.0714. The van der Waals surface area contributed by atoms with Crippen molar-refractivity contribution in [3.63, 3.8) is 0 Å². The second-order valence-corrected chi connectivity index (χ2v) is 8.75. The number of hydrogen-bond acceptors (Lipinski definition) is 5. The van der Waals surface area contributed by atoms with Crippen LogP contribution in [-0.4, -0.2) is 25.1 Å². The van der Waals surface area contributed by atoms with Crippen LogP contribution in [0.5, 0.6) is 23.0 Å². The molecule has 0 aliphatic carbocycles. The Kier molecular flexibility index (Phi) is 6.55. The number of nitrogens with zero attached hydrogens (tertiary/aromatic N) is 1. The summed E-state index contributed by atoms with van der Waals surface area (Å²) < 4.78 is 17.0. The summed E-state index contributed by atoms with van der Waals surface area (Å²) in [7, 11) is 3.16. The van der Waals surface area contributed by atoms with E-state index in [1.807, 2.05) is 36.4 Å². The highest BCUT2D eigenvalue weighted by Gasteiger charge is 2.14. The largest absolute Gasteiger partial charge is 0.493 e. The van der Waals surface area contributed by atoms with Gasteiger partial charge in [0.2, 0.25) is 0 Å². The monoisotopic (exact) mass is 518 g/mol. The predicted molar refractivity (Wildman–Crippen MR) is 143 cm³/mol. The number of halogens is 2. The van der Waals surface area contributed by atoms with Crippen LogP contribution in [0, 0.1) is 0 Å². The van der Waals surface area contributed by atoms with Crippen LogP contribution in [0.2, 0.25) is 10.0 Å². The minimum atomic E-state index is -0.278. The van der Waals surface area contributed by atoms with Crippen LogP contribution < -0.4 is 19.5 Å². The standard InChI is InChI=1S/C28H20Cl2N2O4/c1-34-26-14-21-24(15-27(26)35-2)31-11-10-25(21)36-18-7-8-19-16(12-18)4-3-5-20(19)28(33)32-23-9-6-17(29)13-22(23)30/h3-15H,1-2H3,(H,32,33). The lowest BCUT2D eigenvalue weighted by Gasteiger charge is -2.13. The van der Waals surface area contributed by atoms with Crippen molar-refractivity contribution in [2.75, 3.05) is 19.5 Å². The number of nitrogens with one attached hydrogen (secondary N) is 1. The van der Waals surface area contributed by atoms with Gasteiger partial charge in [0.05, 0.1) is 30.4 Å². The molecular formula is C28H20Cl2N2O4. The average molecular weight is 519 g/mol. The second-order valence-electron chi connectivity index (χ2n) is 7.90. The lowest BCUT2D eigenvalue weighted by molar-refractivity contribution is 0.102. The van der Waals surface area contributed by atoms with E-state index in [1.165, 1.54) is 0 Å². The molecule has 1 aromatic heterocycles. The molecule has 0 fully saturated rings. The maximum absolute atomic E-state index is 13.0. The lowest BCUT2D eigenvalue weighted by Crippen LogP contribution is -2.12. The van der Waals surface area contributed by atoms with Crippen molar-refractivity contribution < 1.29 is 19.0 Å². The predicted octanol–water partition coefficient (Wildman–Crippen LogP) is 7.76. The Labute approximate surface area is 217 Å². The van der Waals surface area contributed by atoms with Crippen molar-refractivity contribution in [3.05, 3.63) is 94.6 Å². The molecule has 5 rings (SSSR count). The summed E-state index contributed by atoms with van der Waals surface area (Å²) in [5.74, 6) is 2.12. The topological polar surface area (TPSA) is 69.7 Å². The zero-order valence-electron chi connectivity index (χ0n) is 19.3. The summed E-state index contributed by atoms with van der Waals surface area (Å²) in [5.41, 5.74) is 1.71. The molecule has 0 saturated carbocycles. The van der Waals surface area contributed by atoms with E-state index >= 15 is 0 Å². The molecule has 0 unspecified atom stereocenters. The molecule has 0 saturated heterocycles. The normalized spacial score (nSPS) is 10.9. The number of ether oxygens (including phenoxy) is 3. The van der Waals surface area contributed by atoms with Crippen molar-refractivity contribution in [2.24, 2.45) is 0 Å². The van der Waals surface area contributed by atoms with Gasteiger partial charge in [0.25, 0.3) is 5.91 Å². The van der Waals surface area contributed by atoms with E-state index in [0.29, 0.717) is 49.8 Å². The van der Waals surface area contributed by atoms with Crippen LogP contribution in [0.4, 0.5) is 5.69 Å². The third-order valence-electron chi connectivity index (χ3n) is 5.71. The highest BCUT2D eigenvalue weighted by molar-refractivity contribution is 6.37. The molecule has 180 valence electrons. The smallest absolute Gasteiger partial charge is 0.256 e. The molecule has 0 aliphatic rings. The number of aromatic nitrogens is 1. The molecule has 0 radical (unpaired) electrons. The van der Waals surface area contributed by atoms with Crippen molar-refractivity contribution in [1.82, 2.24) is 4.98 Å². The van der Waals surface area contributed by atoms with Crippen LogP contribution in [0.3, 0.4) is 0 Å². The Morgan fingerprint density at radius 2 is 1.64 bits per heavy atom. The third-order valence-corrected chi connectivity index (χ3v) is 6.26. The Hall–Kier alpha value is -4.00. The van der Waals surface area contributed by atoms with E-state index in [1.54, 1.807) is 56.8 Å². The highest BCUT2D eigenvalue weighted by Crippen LogP contribution is 2.37. The maximum Gasteiger partial charge on any atom is 0.256 e. The van der Waals surface area contributed by atoms with Crippen LogP contribution in [-0.2, 0) is 0 Å². The molecule has 0 bridgehead atoms. The second kappa shape index (κ2) is 9.93. The molecule has 1 N–H and O–H groups in total. The summed E-state index contributed by atoms with van der Waals surface area (Å²) >= 11 is 12.2. The lowest BCUT2D eigenvalue weighted by atomic mass is 10.0. The molecule has 36 heavy (non-hydrogen) atoms. The first-order chi connectivity index (χ1) is 17.5. The van der Waals surface area contributed by atoms with E-state index in [9.17, 15) is 4.79 Å². The summed E-state index contributed by atoms with van der Waals surface area (Å²) in [4.78, 5) is 17.5. The summed E-state index contributed by atoms with van der Waals surface area (Å²) in [5, 5.41) is 6.12. The van der Waals surface area contributed by atoms with Gasteiger partial charge in [-0.15, -0.1) is 0 Å². The SMILES string of the molecule is COc1cc2nccc(Oc3ccc4c(C(=O)Nc5ccc(Cl)cc5Cl)cccc4c3)c2cc1OC. The maximum atomic E-state index is 13.0. The van der Waals surface area contributed by atoms with Gasteiger partial charge in [-0.2, -0.15) is 0 Å². The zero-order chi connectivity index (χ0) is 25.2. The molecule has 1 amide bonds. The van der Waals surface area contributed by atoms with Crippen molar-refractivity contribution in [2.45, 2.75) is 0 Å². The molecule has 0 atom stereocenters. The fourth-order valence-corrected chi connectivity index (χ4v) is 4.42. The summed E-state index contributed by atoms with van der Waals surface area (Å²) in [6, 6.07) is 21.4. The first kappa shape index (κ1) is 23.7. The molecular weight excluding hydrogens is 499 g/mol. The number of pyridine rings is 1. The van der Waals surface area contributed by atoms with Gasteiger partial charge in [0, 0.05) is 28.2 Å². The number of anilines is 1. The number of rotatable bonds is 6. The van der Waals surface area contributed by atoms with Crippen LogP contribution in [0.1, 0.15) is 10.4 Å². The van der Waals surface area contributed by atoms with Crippen molar-refractivity contribution in [1.29, 1.82) is 0 Å². The van der Waals surface area contributed by atoms with E-state index in [-0.39, 0.29) is 5.91 Å². The third kappa shape index (κ3) is 4.61. The summed E-state index contributed by atoms with van der Waals surface area (Å²) in [6.07, 6.45) is 1.68. The fourth-order valence-electron chi connectivity index (χ4n) is 3.97. The molecule has 0 aliphatic heterocycles. The number of carbonyl (C=O) groups is 1. The number of amides is 1. The number of hydrogen-bond donors (Lipinski definition) is 1.